The molecular weight excluding hydrogens is 522 g/mol. The van der Waals surface area contributed by atoms with Crippen molar-refractivity contribution in [2.75, 3.05) is 0 Å². The Kier molecular flexibility index (Phi) is 8.19. The quantitative estimate of drug-likeness (QED) is 0.233. The van der Waals surface area contributed by atoms with Crippen LogP contribution in [0.4, 0.5) is 0 Å². The molecule has 43 heavy (non-hydrogen) atoms. The van der Waals surface area contributed by atoms with Crippen molar-refractivity contribution in [2.24, 2.45) is 10.4 Å². The van der Waals surface area contributed by atoms with Gasteiger partial charge >= 0.3 is 0 Å². The number of phenolic OH excluding ortho intramolecular Hbond substituents is 1. The molecule has 220 valence electrons. The summed E-state index contributed by atoms with van der Waals surface area (Å²) in [5.41, 5.74) is 9.39. The SMILES string of the molecule is CC(C)(C)c1cc(C#CCCC(C)(C2=CCC=C2)C2c3ccccc3-c3ccccc32)cc(/C=N/C2CCCCC2)c1O. The van der Waals surface area contributed by atoms with Gasteiger partial charge in [0.2, 0.25) is 0 Å². The van der Waals surface area contributed by atoms with E-state index in [1.54, 1.807) is 0 Å². The molecule has 0 heterocycles. The highest BCUT2D eigenvalue weighted by Crippen LogP contribution is 2.57. The molecule has 0 amide bonds. The van der Waals surface area contributed by atoms with Crippen molar-refractivity contribution < 1.29 is 5.11 Å². The van der Waals surface area contributed by atoms with Gasteiger partial charge in [-0.3, -0.25) is 4.99 Å². The Morgan fingerprint density at radius 1 is 0.907 bits per heavy atom. The van der Waals surface area contributed by atoms with Crippen molar-refractivity contribution in [3.63, 3.8) is 0 Å². The molecule has 3 aliphatic rings. The first-order chi connectivity index (χ1) is 20.8. The van der Waals surface area contributed by atoms with Gasteiger partial charge in [-0.2, -0.15) is 0 Å². The number of allylic oxidation sites excluding steroid dienone is 4. The van der Waals surface area contributed by atoms with Gasteiger partial charge in [0.1, 0.15) is 5.75 Å². The Balaban J connectivity index is 1.30. The van der Waals surface area contributed by atoms with E-state index in [-0.39, 0.29) is 10.8 Å². The first-order valence-corrected chi connectivity index (χ1v) is 16.2. The second kappa shape index (κ2) is 12.0. The third-order valence-electron chi connectivity index (χ3n) is 9.85. The summed E-state index contributed by atoms with van der Waals surface area (Å²) in [5.74, 6) is 7.68. The van der Waals surface area contributed by atoms with Gasteiger partial charge in [-0.05, 0) is 71.1 Å². The fourth-order valence-corrected chi connectivity index (χ4v) is 7.48. The minimum atomic E-state index is -0.196. The number of hydrogen-bond acceptors (Lipinski definition) is 2. The average Bonchev–Trinajstić information content (AvgIpc) is 3.67. The molecule has 1 saturated carbocycles. The number of hydrogen-bond donors (Lipinski definition) is 1. The van der Waals surface area contributed by atoms with Gasteiger partial charge in [0.25, 0.3) is 0 Å². The molecule has 1 fully saturated rings. The minimum absolute atomic E-state index is 0.0757. The molecule has 1 atom stereocenters. The topological polar surface area (TPSA) is 32.6 Å². The summed E-state index contributed by atoms with van der Waals surface area (Å²) < 4.78 is 0. The van der Waals surface area contributed by atoms with Crippen LogP contribution in [0, 0.1) is 17.3 Å². The van der Waals surface area contributed by atoms with Gasteiger partial charge in [0.05, 0.1) is 0 Å². The number of rotatable bonds is 6. The zero-order chi connectivity index (χ0) is 30.0. The van der Waals surface area contributed by atoms with E-state index in [0.717, 1.165) is 48.8 Å². The summed E-state index contributed by atoms with van der Waals surface area (Å²) in [6.07, 6.45) is 17.8. The number of phenols is 1. The van der Waals surface area contributed by atoms with Crippen LogP contribution in [0.1, 0.15) is 113 Å². The Morgan fingerprint density at radius 3 is 2.21 bits per heavy atom. The third-order valence-corrected chi connectivity index (χ3v) is 9.85. The zero-order valence-corrected chi connectivity index (χ0v) is 26.3. The lowest BCUT2D eigenvalue weighted by molar-refractivity contribution is 0.335. The second-order valence-corrected chi connectivity index (χ2v) is 13.9. The first-order valence-electron chi connectivity index (χ1n) is 16.2. The van der Waals surface area contributed by atoms with E-state index in [1.807, 2.05) is 12.3 Å². The Morgan fingerprint density at radius 2 is 1.58 bits per heavy atom. The molecule has 0 saturated heterocycles. The maximum absolute atomic E-state index is 11.2. The molecule has 3 aliphatic carbocycles. The van der Waals surface area contributed by atoms with Crippen LogP contribution >= 0.6 is 0 Å². The molecular formula is C41H45NO. The van der Waals surface area contributed by atoms with Gasteiger partial charge in [0, 0.05) is 46.7 Å². The van der Waals surface area contributed by atoms with E-state index in [4.69, 9.17) is 4.99 Å². The average molecular weight is 568 g/mol. The number of nitrogens with zero attached hydrogens (tertiary/aromatic N) is 1. The van der Waals surface area contributed by atoms with Crippen molar-refractivity contribution in [1.29, 1.82) is 0 Å². The smallest absolute Gasteiger partial charge is 0.128 e. The summed E-state index contributed by atoms with van der Waals surface area (Å²) in [6, 6.07) is 22.4. The fourth-order valence-electron chi connectivity index (χ4n) is 7.48. The number of aromatic hydroxyl groups is 1. The first kappa shape index (κ1) is 29.3. The Bertz CT molecular complexity index is 1600. The molecule has 2 heteroatoms. The predicted molar refractivity (Wildman–Crippen MR) is 181 cm³/mol. The number of fused-ring (bicyclic) bond motifs is 3. The Hall–Kier alpha value is -3.83. The highest BCUT2D eigenvalue weighted by Gasteiger charge is 2.43. The molecule has 1 unspecified atom stereocenters. The third kappa shape index (κ3) is 5.88. The number of benzene rings is 3. The van der Waals surface area contributed by atoms with Gasteiger partial charge < -0.3 is 5.11 Å². The summed E-state index contributed by atoms with van der Waals surface area (Å²) in [4.78, 5) is 4.89. The van der Waals surface area contributed by atoms with Crippen LogP contribution < -0.4 is 0 Å². The fraction of sp³-hybridized carbons (Fsp3) is 0.390. The molecule has 0 aromatic heterocycles. The molecule has 0 bridgehead atoms. The molecule has 3 aromatic carbocycles. The molecule has 3 aromatic rings. The lowest BCUT2D eigenvalue weighted by Gasteiger charge is -2.38. The maximum atomic E-state index is 11.2. The van der Waals surface area contributed by atoms with E-state index >= 15 is 0 Å². The lowest BCUT2D eigenvalue weighted by atomic mass is 9.65. The summed E-state index contributed by atoms with van der Waals surface area (Å²) in [6.45, 7) is 8.88. The van der Waals surface area contributed by atoms with Crippen molar-refractivity contribution >= 4 is 6.21 Å². The van der Waals surface area contributed by atoms with E-state index in [9.17, 15) is 5.11 Å². The van der Waals surface area contributed by atoms with Gasteiger partial charge in [-0.15, -0.1) is 0 Å². The van der Waals surface area contributed by atoms with Gasteiger partial charge in [0.15, 0.2) is 0 Å². The largest absolute Gasteiger partial charge is 0.507 e. The van der Waals surface area contributed by atoms with E-state index in [0.29, 0.717) is 17.7 Å². The highest BCUT2D eigenvalue weighted by molar-refractivity contribution is 5.85. The Labute approximate surface area is 258 Å². The van der Waals surface area contributed by atoms with Crippen LogP contribution in [-0.2, 0) is 5.41 Å². The van der Waals surface area contributed by atoms with Crippen molar-refractivity contribution in [1.82, 2.24) is 0 Å². The monoisotopic (exact) mass is 567 g/mol. The molecule has 0 spiro atoms. The van der Waals surface area contributed by atoms with Gasteiger partial charge in [-0.25, -0.2) is 0 Å². The van der Waals surface area contributed by atoms with Crippen molar-refractivity contribution in [3.8, 4) is 28.7 Å². The minimum Gasteiger partial charge on any atom is -0.507 e. The summed E-state index contributed by atoms with van der Waals surface area (Å²) in [5, 5.41) is 11.2. The van der Waals surface area contributed by atoms with Crippen LogP contribution in [-0.4, -0.2) is 17.4 Å². The molecule has 1 N–H and O–H groups in total. The van der Waals surface area contributed by atoms with E-state index in [2.05, 4.69) is 112 Å². The van der Waals surface area contributed by atoms with Crippen LogP contribution in [0.25, 0.3) is 11.1 Å². The second-order valence-electron chi connectivity index (χ2n) is 13.9. The molecule has 2 nitrogen and oxygen atoms in total. The lowest BCUT2D eigenvalue weighted by Crippen LogP contribution is -2.27. The van der Waals surface area contributed by atoms with Crippen LogP contribution in [0.15, 0.2) is 89.5 Å². The standard InChI is InChI=1S/C41H45NO/c1-40(2,3)37-27-29(26-30(39(37)43)28-42-32-19-6-5-7-20-32)16-14-15-25-41(4,31-17-8-9-18-31)38-35-23-12-10-21-33(35)34-22-11-13-24-36(34)38/h8,10-13,17-18,21-24,26-28,32,38,43H,5-7,9,15,19-20,25H2,1-4H3/b42-28+. The highest BCUT2D eigenvalue weighted by atomic mass is 16.3. The summed E-state index contributed by atoms with van der Waals surface area (Å²) >= 11 is 0. The maximum Gasteiger partial charge on any atom is 0.128 e. The van der Waals surface area contributed by atoms with E-state index < -0.39 is 0 Å². The van der Waals surface area contributed by atoms with Crippen LogP contribution in [0.3, 0.4) is 0 Å². The molecule has 0 aliphatic heterocycles. The van der Waals surface area contributed by atoms with Crippen molar-refractivity contribution in [3.05, 3.63) is 112 Å². The van der Waals surface area contributed by atoms with Crippen LogP contribution in [0.2, 0.25) is 0 Å². The van der Waals surface area contributed by atoms with Crippen molar-refractivity contribution in [2.45, 2.75) is 96.4 Å². The number of aliphatic imine (C=N–C) groups is 1. The summed E-state index contributed by atoms with van der Waals surface area (Å²) in [7, 11) is 0. The molecule has 6 rings (SSSR count). The molecule has 0 radical (unpaired) electrons. The zero-order valence-electron chi connectivity index (χ0n) is 26.3. The van der Waals surface area contributed by atoms with Gasteiger partial charge in [-0.1, -0.05) is 126 Å². The van der Waals surface area contributed by atoms with E-state index in [1.165, 1.54) is 47.1 Å². The predicted octanol–water partition coefficient (Wildman–Crippen LogP) is 10.3. The normalized spacial score (nSPS) is 18.2. The van der Waals surface area contributed by atoms with Crippen LogP contribution in [0.5, 0.6) is 5.75 Å².